The van der Waals surface area contributed by atoms with Crippen LogP contribution in [-0.4, -0.2) is 52.1 Å². The van der Waals surface area contributed by atoms with Gasteiger partial charge in [0, 0.05) is 36.8 Å². The van der Waals surface area contributed by atoms with E-state index in [1.54, 1.807) is 17.2 Å². The van der Waals surface area contributed by atoms with E-state index in [0.717, 1.165) is 35.2 Å². The summed E-state index contributed by atoms with van der Waals surface area (Å²) in [5.74, 6) is -0.837. The van der Waals surface area contributed by atoms with Gasteiger partial charge >= 0.3 is 5.97 Å². The Bertz CT molecular complexity index is 943. The molecule has 1 atom stereocenters. The Labute approximate surface area is 179 Å². The highest BCUT2D eigenvalue weighted by atomic mass is 32.2. The number of nitrogens with one attached hydrogen (secondary N) is 2. The van der Waals surface area contributed by atoms with Crippen LogP contribution in [0.2, 0.25) is 0 Å². The van der Waals surface area contributed by atoms with Crippen LogP contribution in [0.25, 0.3) is 0 Å². The number of anilines is 1. The molecule has 1 aromatic carbocycles. The van der Waals surface area contributed by atoms with E-state index < -0.39 is 12.1 Å². The fourth-order valence-electron chi connectivity index (χ4n) is 3.44. The summed E-state index contributed by atoms with van der Waals surface area (Å²) in [6, 6.07) is 3.97. The summed E-state index contributed by atoms with van der Waals surface area (Å²) in [6.45, 7) is 5.20. The van der Waals surface area contributed by atoms with Crippen LogP contribution in [0.3, 0.4) is 0 Å². The zero-order chi connectivity index (χ0) is 21.8. The van der Waals surface area contributed by atoms with Gasteiger partial charge in [-0.3, -0.25) is 9.80 Å². The van der Waals surface area contributed by atoms with Crippen molar-refractivity contribution in [3.05, 3.63) is 52.5 Å². The van der Waals surface area contributed by atoms with Crippen LogP contribution in [0, 0.1) is 6.92 Å². The number of carbonyl (C=O) groups excluding carboxylic acids is 1. The molecule has 30 heavy (non-hydrogen) atoms. The van der Waals surface area contributed by atoms with Crippen LogP contribution in [-0.2, 0) is 16.1 Å². The lowest BCUT2D eigenvalue weighted by molar-refractivity contribution is -0.133. The highest BCUT2D eigenvalue weighted by Crippen LogP contribution is 2.29. The Balaban J connectivity index is 2.06. The van der Waals surface area contributed by atoms with E-state index in [0.29, 0.717) is 18.8 Å². The molecule has 1 unspecified atom stereocenters. The number of fused-ring (bicyclic) bond motifs is 1. The van der Waals surface area contributed by atoms with Crippen molar-refractivity contribution in [1.82, 2.24) is 15.3 Å². The zero-order valence-corrected chi connectivity index (χ0v) is 18.0. The van der Waals surface area contributed by atoms with Gasteiger partial charge in [-0.15, -0.1) is 0 Å². The van der Waals surface area contributed by atoms with E-state index in [4.69, 9.17) is 5.73 Å². The Kier molecular flexibility index (Phi) is 6.80. The van der Waals surface area contributed by atoms with Gasteiger partial charge in [-0.25, -0.2) is 15.2 Å². The molecule has 0 fully saturated rings. The Morgan fingerprint density at radius 2 is 2.27 bits per heavy atom. The number of nitrogens with two attached hydrogens (primary N) is 1. The lowest BCUT2D eigenvalue weighted by atomic mass is 9.99. The van der Waals surface area contributed by atoms with Crippen molar-refractivity contribution in [3.63, 3.8) is 0 Å². The minimum atomic E-state index is -1.11. The smallest absolute Gasteiger partial charge is 0.338 e. The largest absolute Gasteiger partial charge is 0.478 e. The number of hydrazine groups is 1. The standard InChI is InChI=1S/C20H26N6O3S/c1-4-6-25(11-27)10-14-8-13(9-16(12(14)2)24-30-3)15-5-7-26-19(22-15)17(20(28)29)18(21)23-26/h5,7-9,11,18,23-24H,4,6,10,21H2,1-3H3,(H,28,29). The van der Waals surface area contributed by atoms with Crippen LogP contribution in [0.15, 0.2) is 40.8 Å². The average molecular weight is 431 g/mol. The Hall–Kier alpha value is -2.82. The van der Waals surface area contributed by atoms with Gasteiger partial charge < -0.3 is 20.5 Å². The van der Waals surface area contributed by atoms with Gasteiger partial charge in [-0.05, 0) is 42.7 Å². The molecule has 0 saturated heterocycles. The van der Waals surface area contributed by atoms with Gasteiger partial charge in [0.2, 0.25) is 6.41 Å². The van der Waals surface area contributed by atoms with Gasteiger partial charge in [-0.2, -0.15) is 0 Å². The number of carbonyl (C=O) groups is 2. The summed E-state index contributed by atoms with van der Waals surface area (Å²) >= 11 is 1.48. The second-order valence-electron chi connectivity index (χ2n) is 7.02. The second-order valence-corrected chi connectivity index (χ2v) is 7.63. The van der Waals surface area contributed by atoms with E-state index in [1.807, 2.05) is 32.2 Å². The van der Waals surface area contributed by atoms with Crippen LogP contribution in [0.1, 0.15) is 30.0 Å². The summed E-state index contributed by atoms with van der Waals surface area (Å²) in [5.41, 5.74) is 13.2. The molecule has 2 aliphatic heterocycles. The number of aliphatic carboxylic acids is 1. The number of benzene rings is 1. The maximum Gasteiger partial charge on any atom is 0.338 e. The summed E-state index contributed by atoms with van der Waals surface area (Å²) < 4.78 is 3.28. The van der Waals surface area contributed by atoms with Crippen LogP contribution in [0.5, 0.6) is 0 Å². The van der Waals surface area contributed by atoms with Crippen molar-refractivity contribution in [1.29, 1.82) is 0 Å². The van der Waals surface area contributed by atoms with Crippen molar-refractivity contribution >= 4 is 35.7 Å². The molecular formula is C20H26N6O3S. The minimum absolute atomic E-state index is 0.0155. The molecule has 3 rings (SSSR count). The molecule has 1 aromatic rings. The number of carboxylic acid groups (broad SMARTS) is 1. The number of allylic oxidation sites excluding steroid dienone is 1. The van der Waals surface area contributed by atoms with E-state index >= 15 is 0 Å². The molecule has 1 amide bonds. The SMILES string of the molecule is CCCN(C=O)Cc1cc(C2=NC3=C(C(=O)O)C(N)NN3C=C2)cc(NSC)c1C. The first kappa shape index (κ1) is 21.9. The number of hydrogen-bond donors (Lipinski definition) is 4. The first-order valence-corrected chi connectivity index (χ1v) is 10.8. The number of rotatable bonds is 9. The molecular weight excluding hydrogens is 404 g/mol. The number of nitrogens with zero attached hydrogens (tertiary/aromatic N) is 3. The lowest BCUT2D eigenvalue weighted by Gasteiger charge is -2.22. The molecule has 0 bridgehead atoms. The highest BCUT2D eigenvalue weighted by Gasteiger charge is 2.34. The van der Waals surface area contributed by atoms with Crippen molar-refractivity contribution in [2.75, 3.05) is 17.5 Å². The molecule has 9 nitrogen and oxygen atoms in total. The fraction of sp³-hybridized carbons (Fsp3) is 0.350. The van der Waals surface area contributed by atoms with Gasteiger partial charge in [-0.1, -0.05) is 18.9 Å². The van der Waals surface area contributed by atoms with Crippen molar-refractivity contribution < 1.29 is 14.7 Å². The van der Waals surface area contributed by atoms with E-state index in [-0.39, 0.29) is 11.4 Å². The first-order chi connectivity index (χ1) is 14.4. The summed E-state index contributed by atoms with van der Waals surface area (Å²) in [7, 11) is 0. The molecule has 2 heterocycles. The highest BCUT2D eigenvalue weighted by molar-refractivity contribution is 7.99. The van der Waals surface area contributed by atoms with Gasteiger partial charge in [0.25, 0.3) is 0 Å². The topological polar surface area (TPSA) is 123 Å². The van der Waals surface area contributed by atoms with Crippen molar-refractivity contribution in [3.8, 4) is 0 Å². The van der Waals surface area contributed by atoms with Crippen molar-refractivity contribution in [2.45, 2.75) is 33.0 Å². The molecule has 0 radical (unpaired) electrons. The quantitative estimate of drug-likeness (QED) is 0.345. The lowest BCUT2D eigenvalue weighted by Crippen LogP contribution is -2.41. The molecule has 2 aliphatic rings. The van der Waals surface area contributed by atoms with E-state index in [1.165, 1.54) is 17.0 Å². The Morgan fingerprint density at radius 3 is 2.90 bits per heavy atom. The summed E-state index contributed by atoms with van der Waals surface area (Å²) in [6.07, 6.45) is 6.35. The minimum Gasteiger partial charge on any atom is -0.478 e. The molecule has 10 heteroatoms. The van der Waals surface area contributed by atoms with E-state index in [2.05, 4.69) is 15.1 Å². The molecule has 0 aliphatic carbocycles. The second kappa shape index (κ2) is 9.33. The van der Waals surface area contributed by atoms with Crippen molar-refractivity contribution in [2.24, 2.45) is 10.7 Å². The first-order valence-electron chi connectivity index (χ1n) is 9.57. The van der Waals surface area contributed by atoms with Crippen LogP contribution in [0.4, 0.5) is 5.69 Å². The van der Waals surface area contributed by atoms with E-state index in [9.17, 15) is 14.7 Å². The zero-order valence-electron chi connectivity index (χ0n) is 17.2. The van der Waals surface area contributed by atoms with Crippen LogP contribution < -0.4 is 15.9 Å². The maximum absolute atomic E-state index is 11.6. The molecule has 0 spiro atoms. The number of carboxylic acids is 1. The third kappa shape index (κ3) is 4.35. The monoisotopic (exact) mass is 430 g/mol. The normalized spacial score (nSPS) is 17.7. The van der Waals surface area contributed by atoms with Crippen LogP contribution >= 0.6 is 11.9 Å². The third-order valence-corrected chi connectivity index (χ3v) is 5.38. The summed E-state index contributed by atoms with van der Waals surface area (Å²) in [4.78, 5) is 29.4. The fourth-order valence-corrected chi connectivity index (χ4v) is 3.87. The predicted octanol–water partition coefficient (Wildman–Crippen LogP) is 1.77. The molecule has 0 aromatic heterocycles. The maximum atomic E-state index is 11.6. The molecule has 0 saturated carbocycles. The van der Waals surface area contributed by atoms with Gasteiger partial charge in [0.15, 0.2) is 5.82 Å². The number of aliphatic imine (C=N–C) groups is 1. The molecule has 5 N–H and O–H groups in total. The van der Waals surface area contributed by atoms with Gasteiger partial charge in [0.1, 0.15) is 11.7 Å². The third-order valence-electron chi connectivity index (χ3n) is 4.95. The average Bonchev–Trinajstić information content (AvgIpc) is 3.05. The number of amides is 1. The summed E-state index contributed by atoms with van der Waals surface area (Å²) in [5, 5.41) is 11.0. The van der Waals surface area contributed by atoms with Gasteiger partial charge in [0.05, 0.1) is 5.71 Å². The Morgan fingerprint density at radius 1 is 1.50 bits per heavy atom. The molecule has 160 valence electrons. The predicted molar refractivity (Wildman–Crippen MR) is 118 cm³/mol. The number of hydrogen-bond acceptors (Lipinski definition) is 8.